The van der Waals surface area contributed by atoms with Crippen LogP contribution in [-0.4, -0.2) is 22.9 Å². The van der Waals surface area contributed by atoms with Gasteiger partial charge in [-0.3, -0.25) is 9.59 Å². The molecule has 1 aliphatic heterocycles. The van der Waals surface area contributed by atoms with Crippen LogP contribution in [0.3, 0.4) is 0 Å². The van der Waals surface area contributed by atoms with Crippen LogP contribution in [-0.2, 0) is 0 Å². The molecule has 0 aromatic heterocycles. The fraction of sp³-hybridized carbons (Fsp3) is 0. The molecule has 1 heterocycles. The summed E-state index contributed by atoms with van der Waals surface area (Å²) < 4.78 is 0. The van der Waals surface area contributed by atoms with Crippen LogP contribution in [0.25, 0.3) is 21.9 Å². The van der Waals surface area contributed by atoms with Crippen LogP contribution < -0.4 is 4.90 Å². The zero-order valence-corrected chi connectivity index (χ0v) is 15.7. The Kier molecular flexibility index (Phi) is 3.96. The first-order chi connectivity index (χ1) is 14.6. The number of para-hydroxylation sites is 1. The second-order valence-electron chi connectivity index (χ2n) is 7.03. The molecule has 5 heteroatoms. The van der Waals surface area contributed by atoms with Crippen molar-refractivity contribution in [1.82, 2.24) is 0 Å². The predicted octanol–water partition coefficient (Wildman–Crippen LogP) is 5.01. The number of imide groups is 1. The van der Waals surface area contributed by atoms with Gasteiger partial charge in [0.25, 0.3) is 11.8 Å². The maximum absolute atomic E-state index is 13.5. The highest BCUT2D eigenvalue weighted by atomic mass is 16.4. The highest BCUT2D eigenvalue weighted by Gasteiger charge is 2.41. The molecule has 4 aromatic rings. The molecule has 0 aliphatic carbocycles. The molecular formula is C25H15NO4. The smallest absolute Gasteiger partial charge is 0.337 e. The van der Waals surface area contributed by atoms with Crippen molar-refractivity contribution in [3.8, 4) is 11.1 Å². The molecule has 0 radical (unpaired) electrons. The van der Waals surface area contributed by atoms with Gasteiger partial charge in [-0.2, -0.15) is 0 Å². The molecule has 0 fully saturated rings. The van der Waals surface area contributed by atoms with Gasteiger partial charge in [-0.1, -0.05) is 66.7 Å². The Morgan fingerprint density at radius 1 is 0.733 bits per heavy atom. The fourth-order valence-corrected chi connectivity index (χ4v) is 4.04. The van der Waals surface area contributed by atoms with Gasteiger partial charge in [0.1, 0.15) is 0 Å². The molecule has 30 heavy (non-hydrogen) atoms. The van der Waals surface area contributed by atoms with Crippen LogP contribution in [0.4, 0.5) is 5.69 Å². The number of carbonyl (C=O) groups is 3. The van der Waals surface area contributed by atoms with Crippen LogP contribution in [0.1, 0.15) is 31.1 Å². The minimum absolute atomic E-state index is 0.0688. The number of aromatic carboxylic acids is 1. The van der Waals surface area contributed by atoms with Gasteiger partial charge in [0.2, 0.25) is 0 Å². The van der Waals surface area contributed by atoms with E-state index in [0.717, 1.165) is 21.2 Å². The van der Waals surface area contributed by atoms with Gasteiger partial charge >= 0.3 is 5.97 Å². The number of hydrogen-bond acceptors (Lipinski definition) is 3. The molecule has 1 aliphatic rings. The van der Waals surface area contributed by atoms with Crippen molar-refractivity contribution in [3.63, 3.8) is 0 Å². The molecular weight excluding hydrogens is 378 g/mol. The van der Waals surface area contributed by atoms with E-state index in [1.807, 2.05) is 54.6 Å². The highest BCUT2D eigenvalue weighted by Crippen LogP contribution is 2.40. The summed E-state index contributed by atoms with van der Waals surface area (Å²) in [5, 5.41) is 11.2. The number of benzene rings is 4. The summed E-state index contributed by atoms with van der Waals surface area (Å²) in [5.74, 6) is -2.24. The van der Waals surface area contributed by atoms with Crippen molar-refractivity contribution in [3.05, 3.63) is 102 Å². The molecule has 5 rings (SSSR count). The van der Waals surface area contributed by atoms with Crippen LogP contribution >= 0.6 is 0 Å². The first-order valence-electron chi connectivity index (χ1n) is 9.40. The molecule has 0 atom stereocenters. The van der Waals surface area contributed by atoms with Gasteiger partial charge < -0.3 is 5.11 Å². The molecule has 2 amide bonds. The van der Waals surface area contributed by atoms with Crippen molar-refractivity contribution >= 4 is 34.2 Å². The summed E-state index contributed by atoms with van der Waals surface area (Å²) in [5.41, 5.74) is 2.04. The van der Waals surface area contributed by atoms with E-state index in [2.05, 4.69) is 0 Å². The Hall–Kier alpha value is -4.25. The van der Waals surface area contributed by atoms with Gasteiger partial charge in [0.15, 0.2) is 0 Å². The van der Waals surface area contributed by atoms with Gasteiger partial charge in [-0.15, -0.1) is 0 Å². The summed E-state index contributed by atoms with van der Waals surface area (Å²) in [6.07, 6.45) is 0. The molecule has 0 saturated carbocycles. The van der Waals surface area contributed by atoms with Gasteiger partial charge in [0.05, 0.1) is 22.4 Å². The number of carboxylic acids is 1. The monoisotopic (exact) mass is 393 g/mol. The van der Waals surface area contributed by atoms with Crippen LogP contribution in [0.15, 0.2) is 84.9 Å². The summed E-state index contributed by atoms with van der Waals surface area (Å²) in [7, 11) is 0. The van der Waals surface area contributed by atoms with E-state index in [9.17, 15) is 19.5 Å². The van der Waals surface area contributed by atoms with E-state index >= 15 is 0 Å². The van der Waals surface area contributed by atoms with E-state index in [0.29, 0.717) is 11.1 Å². The number of rotatable bonds is 3. The van der Waals surface area contributed by atoms with Crippen LogP contribution in [0.5, 0.6) is 0 Å². The normalized spacial score (nSPS) is 13.0. The zero-order valence-electron chi connectivity index (χ0n) is 15.7. The molecule has 144 valence electrons. The van der Waals surface area contributed by atoms with E-state index in [-0.39, 0.29) is 16.8 Å². The van der Waals surface area contributed by atoms with E-state index in [4.69, 9.17) is 0 Å². The molecule has 5 nitrogen and oxygen atoms in total. The summed E-state index contributed by atoms with van der Waals surface area (Å²) in [6, 6.07) is 24.8. The Labute approximate surface area is 171 Å². The minimum Gasteiger partial charge on any atom is -0.478 e. The van der Waals surface area contributed by atoms with Gasteiger partial charge in [-0.05, 0) is 34.5 Å². The lowest BCUT2D eigenvalue weighted by Crippen LogP contribution is -2.31. The average Bonchev–Trinajstić information content (AvgIpc) is 3.02. The maximum atomic E-state index is 13.5. The molecule has 0 saturated heterocycles. The minimum atomic E-state index is -1.20. The second-order valence-corrected chi connectivity index (χ2v) is 7.03. The van der Waals surface area contributed by atoms with Crippen molar-refractivity contribution < 1.29 is 19.5 Å². The molecule has 1 N–H and O–H groups in total. The Morgan fingerprint density at radius 2 is 1.40 bits per heavy atom. The first kappa shape index (κ1) is 17.8. The third-order valence-corrected chi connectivity index (χ3v) is 5.34. The summed E-state index contributed by atoms with van der Waals surface area (Å²) in [4.78, 5) is 39.5. The number of amides is 2. The Balaban J connectivity index is 1.82. The van der Waals surface area contributed by atoms with Crippen molar-refractivity contribution in [2.75, 3.05) is 4.90 Å². The topological polar surface area (TPSA) is 74.7 Å². The Morgan fingerprint density at radius 3 is 2.17 bits per heavy atom. The van der Waals surface area contributed by atoms with Crippen LogP contribution in [0.2, 0.25) is 0 Å². The van der Waals surface area contributed by atoms with E-state index in [1.54, 1.807) is 18.2 Å². The third kappa shape index (κ3) is 2.53. The lowest BCUT2D eigenvalue weighted by molar-refractivity contribution is 0.0698. The van der Waals surface area contributed by atoms with Crippen LogP contribution in [0, 0.1) is 0 Å². The lowest BCUT2D eigenvalue weighted by Gasteiger charge is -2.16. The Bertz CT molecular complexity index is 1360. The fourth-order valence-electron chi connectivity index (χ4n) is 4.04. The molecule has 4 aromatic carbocycles. The number of carbonyl (C=O) groups excluding carboxylic acids is 2. The number of hydrogen-bond donors (Lipinski definition) is 1. The number of carboxylic acid groups (broad SMARTS) is 1. The second kappa shape index (κ2) is 6.67. The average molecular weight is 393 g/mol. The predicted molar refractivity (Wildman–Crippen MR) is 114 cm³/mol. The quantitative estimate of drug-likeness (QED) is 0.497. The van der Waals surface area contributed by atoms with E-state index in [1.165, 1.54) is 12.1 Å². The van der Waals surface area contributed by atoms with Crippen molar-refractivity contribution in [2.45, 2.75) is 0 Å². The standard InChI is InChI=1S/C25H15NO4/c27-23-19-14-16-10-4-5-11-17(16)21(15-8-2-1-3-9-15)22(19)24(28)26(23)20-13-7-6-12-18(20)25(29)30/h1-14H,(H,29,30). The number of nitrogens with zero attached hydrogens (tertiary/aromatic N) is 1. The first-order valence-corrected chi connectivity index (χ1v) is 9.40. The molecule has 0 spiro atoms. The van der Waals surface area contributed by atoms with Gasteiger partial charge in [0, 0.05) is 5.56 Å². The third-order valence-electron chi connectivity index (χ3n) is 5.34. The maximum Gasteiger partial charge on any atom is 0.337 e. The molecule has 0 unspecified atom stereocenters. The lowest BCUT2D eigenvalue weighted by atomic mass is 9.90. The van der Waals surface area contributed by atoms with Crippen molar-refractivity contribution in [1.29, 1.82) is 0 Å². The molecule has 0 bridgehead atoms. The number of fused-ring (bicyclic) bond motifs is 2. The number of anilines is 1. The van der Waals surface area contributed by atoms with Crippen molar-refractivity contribution in [2.24, 2.45) is 0 Å². The van der Waals surface area contributed by atoms with E-state index < -0.39 is 17.8 Å². The largest absolute Gasteiger partial charge is 0.478 e. The van der Waals surface area contributed by atoms with Gasteiger partial charge in [-0.25, -0.2) is 9.69 Å². The summed E-state index contributed by atoms with van der Waals surface area (Å²) >= 11 is 0. The SMILES string of the molecule is O=C(O)c1ccccc1N1C(=O)c2cc3ccccc3c(-c3ccccc3)c2C1=O. The summed E-state index contributed by atoms with van der Waals surface area (Å²) in [6.45, 7) is 0. The zero-order chi connectivity index (χ0) is 20.8. The highest BCUT2D eigenvalue weighted by molar-refractivity contribution is 6.38.